The van der Waals surface area contributed by atoms with Crippen molar-refractivity contribution in [3.8, 4) is 11.5 Å². The van der Waals surface area contributed by atoms with Crippen molar-refractivity contribution in [1.29, 1.82) is 0 Å². The maximum atomic E-state index is 6.06. The predicted octanol–water partition coefficient (Wildman–Crippen LogP) is 4.45. The van der Waals surface area contributed by atoms with Gasteiger partial charge in [-0.05, 0) is 24.3 Å². The van der Waals surface area contributed by atoms with E-state index in [1.165, 1.54) is 6.33 Å². The Kier molecular flexibility index (Phi) is 7.11. The van der Waals surface area contributed by atoms with Gasteiger partial charge in [0.25, 0.3) is 0 Å². The van der Waals surface area contributed by atoms with Crippen molar-refractivity contribution in [2.75, 3.05) is 25.6 Å². The largest absolute Gasteiger partial charge is 0.493 e. The molecule has 3 N–H and O–H groups in total. The van der Waals surface area contributed by atoms with Crippen LogP contribution in [0.4, 0.5) is 11.5 Å². The Balaban J connectivity index is 0.00000243. The molecule has 0 saturated heterocycles. The zero-order valence-corrected chi connectivity index (χ0v) is 16.2. The van der Waals surface area contributed by atoms with Crippen molar-refractivity contribution < 1.29 is 9.47 Å². The average molecular weight is 416 g/mol. The molecule has 138 valence electrons. The third-order valence-electron chi connectivity index (χ3n) is 3.48. The molecule has 0 fully saturated rings. The number of hydrogen-bond donors (Lipinski definition) is 2. The van der Waals surface area contributed by atoms with Crippen molar-refractivity contribution in [3.63, 3.8) is 0 Å². The third-order valence-corrected chi connectivity index (χ3v) is 4.22. The van der Waals surface area contributed by atoms with Crippen LogP contribution in [-0.4, -0.2) is 30.2 Å². The average Bonchev–Trinajstić information content (AvgIpc) is 2.62. The zero-order valence-electron chi connectivity index (χ0n) is 13.8. The fourth-order valence-electron chi connectivity index (χ4n) is 2.32. The van der Waals surface area contributed by atoms with E-state index in [4.69, 9.17) is 38.4 Å². The summed E-state index contributed by atoms with van der Waals surface area (Å²) in [6.45, 7) is 0.802. The topological polar surface area (TPSA) is 82.3 Å². The Morgan fingerprint density at radius 3 is 2.58 bits per heavy atom. The number of hydrogen-bond acceptors (Lipinski definition) is 6. The monoisotopic (exact) mass is 414 g/mol. The summed E-state index contributed by atoms with van der Waals surface area (Å²) >= 11 is 12.0. The highest BCUT2D eigenvalue weighted by molar-refractivity contribution is 6.42. The summed E-state index contributed by atoms with van der Waals surface area (Å²) in [5.74, 6) is 1.78. The summed E-state index contributed by atoms with van der Waals surface area (Å²) < 4.78 is 11.0. The van der Waals surface area contributed by atoms with E-state index in [-0.39, 0.29) is 12.4 Å². The van der Waals surface area contributed by atoms with Crippen LogP contribution in [0.1, 0.15) is 0 Å². The smallest absolute Gasteiger partial charge is 0.163 e. The number of nitrogens with zero attached hydrogens (tertiary/aromatic N) is 2. The number of aromatic nitrogens is 2. The molecule has 26 heavy (non-hydrogen) atoms. The molecule has 0 spiro atoms. The quantitative estimate of drug-likeness (QED) is 0.619. The van der Waals surface area contributed by atoms with Gasteiger partial charge in [0.05, 0.1) is 22.7 Å². The number of anilines is 2. The molecule has 0 radical (unpaired) electrons. The van der Waals surface area contributed by atoms with Gasteiger partial charge in [0, 0.05) is 23.7 Å². The maximum absolute atomic E-state index is 6.06. The second-order valence-corrected chi connectivity index (χ2v) is 5.95. The lowest BCUT2D eigenvalue weighted by molar-refractivity contribution is 0.303. The molecule has 0 atom stereocenters. The molecule has 0 aliphatic heterocycles. The van der Waals surface area contributed by atoms with Gasteiger partial charge in [-0.2, -0.15) is 0 Å². The Morgan fingerprint density at radius 1 is 1.08 bits per heavy atom. The van der Waals surface area contributed by atoms with Crippen LogP contribution in [0.2, 0.25) is 10.0 Å². The number of fused-ring (bicyclic) bond motifs is 1. The highest BCUT2D eigenvalue weighted by Crippen LogP contribution is 2.35. The number of ether oxygens (including phenoxy) is 2. The van der Waals surface area contributed by atoms with Gasteiger partial charge in [-0.25, -0.2) is 9.97 Å². The van der Waals surface area contributed by atoms with Crippen LogP contribution in [0, 0.1) is 0 Å². The van der Waals surface area contributed by atoms with Crippen LogP contribution >= 0.6 is 35.6 Å². The second-order valence-electron chi connectivity index (χ2n) is 5.13. The molecule has 0 unspecified atom stereocenters. The lowest BCUT2D eigenvalue weighted by Gasteiger charge is -2.13. The van der Waals surface area contributed by atoms with E-state index < -0.39 is 0 Å². The van der Waals surface area contributed by atoms with Crippen molar-refractivity contribution in [3.05, 3.63) is 46.7 Å². The number of halogens is 3. The standard InChI is InChI=1S/C17H16Cl2N4O2.ClH/c1-24-15-7-11-14(8-16(15)25-5-4-20)21-9-22-17(11)23-10-2-3-12(18)13(19)6-10;/h2-3,6-9H,4-5,20H2,1H3,(H,21,22,23);1H. The Morgan fingerprint density at radius 2 is 1.88 bits per heavy atom. The summed E-state index contributed by atoms with van der Waals surface area (Å²) in [5.41, 5.74) is 6.97. The Labute approximate surface area is 167 Å². The third kappa shape index (κ3) is 4.40. The maximum Gasteiger partial charge on any atom is 0.163 e. The van der Waals surface area contributed by atoms with Crippen molar-refractivity contribution in [1.82, 2.24) is 9.97 Å². The van der Waals surface area contributed by atoms with Crippen molar-refractivity contribution >= 4 is 58.0 Å². The lowest BCUT2D eigenvalue weighted by atomic mass is 10.2. The van der Waals surface area contributed by atoms with E-state index >= 15 is 0 Å². The highest BCUT2D eigenvalue weighted by atomic mass is 35.5. The highest BCUT2D eigenvalue weighted by Gasteiger charge is 2.12. The number of rotatable bonds is 6. The molecule has 6 nitrogen and oxygen atoms in total. The summed E-state index contributed by atoms with van der Waals surface area (Å²) in [6.07, 6.45) is 1.47. The summed E-state index contributed by atoms with van der Waals surface area (Å²) in [7, 11) is 1.58. The van der Waals surface area contributed by atoms with Gasteiger partial charge in [0.2, 0.25) is 0 Å². The summed E-state index contributed by atoms with van der Waals surface area (Å²) in [4.78, 5) is 8.60. The molecular formula is C17H17Cl3N4O2. The molecule has 0 aliphatic rings. The van der Waals surface area contributed by atoms with E-state index in [1.54, 1.807) is 25.3 Å². The second kappa shape index (κ2) is 9.09. The summed E-state index contributed by atoms with van der Waals surface area (Å²) in [5, 5.41) is 4.95. The first-order valence-corrected chi connectivity index (χ1v) is 8.25. The van der Waals surface area contributed by atoms with Gasteiger partial charge in [0.15, 0.2) is 11.5 Å². The van der Waals surface area contributed by atoms with Crippen LogP contribution < -0.4 is 20.5 Å². The number of nitrogens with one attached hydrogen (secondary N) is 1. The SMILES string of the molecule is COc1cc2c(Nc3ccc(Cl)c(Cl)c3)ncnc2cc1OCCN.Cl. The van der Waals surface area contributed by atoms with Crippen LogP contribution in [-0.2, 0) is 0 Å². The number of benzene rings is 2. The predicted molar refractivity (Wildman–Crippen MR) is 108 cm³/mol. The fraction of sp³-hybridized carbons (Fsp3) is 0.176. The molecular weight excluding hydrogens is 399 g/mol. The first kappa shape index (κ1) is 20.3. The van der Waals surface area contributed by atoms with Gasteiger partial charge in [-0.3, -0.25) is 0 Å². The first-order valence-electron chi connectivity index (χ1n) is 7.50. The van der Waals surface area contributed by atoms with Gasteiger partial charge >= 0.3 is 0 Å². The first-order chi connectivity index (χ1) is 12.1. The molecule has 1 aromatic heterocycles. The fourth-order valence-corrected chi connectivity index (χ4v) is 2.61. The van der Waals surface area contributed by atoms with Crippen LogP contribution in [0.25, 0.3) is 10.9 Å². The van der Waals surface area contributed by atoms with Crippen LogP contribution in [0.3, 0.4) is 0 Å². The Bertz CT molecular complexity index is 909. The molecule has 1 heterocycles. The lowest BCUT2D eigenvalue weighted by Crippen LogP contribution is -2.11. The van der Waals surface area contributed by atoms with E-state index in [1.807, 2.05) is 12.1 Å². The Hall–Kier alpha value is -1.99. The van der Waals surface area contributed by atoms with Crippen LogP contribution in [0.15, 0.2) is 36.7 Å². The number of methoxy groups -OCH3 is 1. The molecule has 0 saturated carbocycles. The minimum absolute atomic E-state index is 0. The van der Waals surface area contributed by atoms with Crippen molar-refractivity contribution in [2.24, 2.45) is 5.73 Å². The van der Waals surface area contributed by atoms with E-state index in [0.717, 1.165) is 11.1 Å². The van der Waals surface area contributed by atoms with Gasteiger partial charge in [-0.1, -0.05) is 23.2 Å². The van der Waals surface area contributed by atoms with E-state index in [0.29, 0.717) is 46.0 Å². The molecule has 3 aromatic rings. The number of nitrogens with two attached hydrogens (primary N) is 1. The minimum atomic E-state index is 0. The molecule has 0 bridgehead atoms. The molecule has 2 aromatic carbocycles. The molecule has 0 amide bonds. The molecule has 3 rings (SSSR count). The van der Waals surface area contributed by atoms with Gasteiger partial charge in [-0.15, -0.1) is 12.4 Å². The van der Waals surface area contributed by atoms with Crippen molar-refractivity contribution in [2.45, 2.75) is 0 Å². The zero-order chi connectivity index (χ0) is 17.8. The molecule has 9 heteroatoms. The van der Waals surface area contributed by atoms with Gasteiger partial charge < -0.3 is 20.5 Å². The van der Waals surface area contributed by atoms with Gasteiger partial charge in [0.1, 0.15) is 18.8 Å². The summed E-state index contributed by atoms with van der Waals surface area (Å²) in [6, 6.07) is 8.88. The minimum Gasteiger partial charge on any atom is -0.493 e. The van der Waals surface area contributed by atoms with E-state index in [2.05, 4.69) is 15.3 Å². The van der Waals surface area contributed by atoms with Crippen LogP contribution in [0.5, 0.6) is 11.5 Å². The van der Waals surface area contributed by atoms with E-state index in [9.17, 15) is 0 Å². The molecule has 0 aliphatic carbocycles. The normalized spacial score (nSPS) is 10.3.